The minimum Gasteiger partial charge on any atom is -0.351 e. The van der Waals surface area contributed by atoms with Gasteiger partial charge in [0.1, 0.15) is 0 Å². The number of hydrogen-bond acceptors (Lipinski definition) is 4. The molecule has 0 aromatic heterocycles. The topological polar surface area (TPSA) is 125 Å². The Bertz CT molecular complexity index is 853. The number of nitrogens with one attached hydrogen (secondary N) is 2. The van der Waals surface area contributed by atoms with Gasteiger partial charge in [-0.2, -0.15) is 8.42 Å². The van der Waals surface area contributed by atoms with Gasteiger partial charge in [-0.3, -0.25) is 5.41 Å². The highest BCUT2D eigenvalue weighted by molar-refractivity contribution is 7.62. The molecule has 2 aromatic rings. The zero-order valence-corrected chi connectivity index (χ0v) is 12.1. The molecule has 0 heterocycles. The molecule has 7 nitrogen and oxygen atoms in total. The highest BCUT2D eigenvalue weighted by atomic mass is 32.2. The largest absolute Gasteiger partial charge is 0.351 e. The highest BCUT2D eigenvalue weighted by Gasteiger charge is 2.15. The Labute approximate surface area is 128 Å². The molecule has 0 saturated carbocycles. The number of hydrogen-bond donors (Lipinski definition) is 3. The molecule has 112 valence electrons. The molecule has 0 fully saturated rings. The molecular formula is C14H12N4O3S. The van der Waals surface area contributed by atoms with Crippen molar-refractivity contribution in [1.82, 2.24) is 0 Å². The summed E-state index contributed by atoms with van der Waals surface area (Å²) in [7, 11) is -2.76. The van der Waals surface area contributed by atoms with Crippen molar-refractivity contribution in [3.63, 3.8) is 0 Å². The predicted octanol–water partition coefficient (Wildman–Crippen LogP) is 2.23. The van der Waals surface area contributed by atoms with Crippen molar-refractivity contribution < 1.29 is 13.2 Å². The van der Waals surface area contributed by atoms with E-state index in [1.54, 1.807) is 12.1 Å². The number of para-hydroxylation sites is 1. The van der Waals surface area contributed by atoms with Crippen LogP contribution in [-0.4, -0.2) is 20.3 Å². The zero-order chi connectivity index (χ0) is 16.1. The second kappa shape index (κ2) is 6.64. The molecule has 4 N–H and O–H groups in total. The van der Waals surface area contributed by atoms with Crippen molar-refractivity contribution in [3.05, 3.63) is 54.1 Å². The number of amidine groups is 1. The summed E-state index contributed by atoms with van der Waals surface area (Å²) in [5.74, 6) is -0.491. The van der Waals surface area contributed by atoms with E-state index in [1.165, 1.54) is 6.07 Å². The number of rotatable bonds is 3. The second-order valence-corrected chi connectivity index (χ2v) is 4.86. The highest BCUT2D eigenvalue weighted by Crippen LogP contribution is 2.31. The Morgan fingerprint density at radius 1 is 1.09 bits per heavy atom. The Balaban J connectivity index is 2.67. The van der Waals surface area contributed by atoms with E-state index in [0.717, 1.165) is 5.56 Å². The SMILES string of the molecule is N=C(N=S(=O)=O)c1cccc(-c2ccccc2)c1NC(N)=O. The quantitative estimate of drug-likeness (QED) is 0.593. The van der Waals surface area contributed by atoms with Gasteiger partial charge in [0.25, 0.3) is 0 Å². The Morgan fingerprint density at radius 3 is 2.36 bits per heavy atom. The summed E-state index contributed by atoms with van der Waals surface area (Å²) in [6.07, 6.45) is 0. The monoisotopic (exact) mass is 316 g/mol. The summed E-state index contributed by atoms with van der Waals surface area (Å²) in [6.45, 7) is 0. The fraction of sp³-hybridized carbons (Fsp3) is 0. The van der Waals surface area contributed by atoms with Crippen LogP contribution in [0.4, 0.5) is 10.5 Å². The minimum atomic E-state index is -2.76. The minimum absolute atomic E-state index is 0.157. The molecule has 0 saturated heterocycles. The maximum atomic E-state index is 11.2. The molecule has 0 spiro atoms. The van der Waals surface area contributed by atoms with Gasteiger partial charge in [-0.1, -0.05) is 42.5 Å². The molecule has 8 heteroatoms. The van der Waals surface area contributed by atoms with E-state index in [9.17, 15) is 13.2 Å². The van der Waals surface area contributed by atoms with Crippen molar-refractivity contribution in [2.45, 2.75) is 0 Å². The lowest BCUT2D eigenvalue weighted by molar-refractivity contribution is 0.259. The number of benzene rings is 2. The smallest absolute Gasteiger partial charge is 0.317 e. The number of nitrogens with zero attached hydrogens (tertiary/aromatic N) is 1. The predicted molar refractivity (Wildman–Crippen MR) is 83.3 cm³/mol. The van der Waals surface area contributed by atoms with Crippen LogP contribution >= 0.6 is 0 Å². The summed E-state index contributed by atoms with van der Waals surface area (Å²) in [6, 6.07) is 13.1. The first-order valence-corrected chi connectivity index (χ1v) is 7.17. The molecule has 0 atom stereocenters. The van der Waals surface area contributed by atoms with Gasteiger partial charge in [-0.05, 0) is 11.6 Å². The fourth-order valence-corrected chi connectivity index (χ4v) is 2.24. The number of carbonyl (C=O) groups excluding carboxylic acids is 1. The average Bonchev–Trinajstić information content (AvgIpc) is 2.47. The van der Waals surface area contributed by atoms with Crippen molar-refractivity contribution in [2.24, 2.45) is 10.1 Å². The van der Waals surface area contributed by atoms with Gasteiger partial charge in [0, 0.05) is 11.1 Å². The third-order valence-electron chi connectivity index (χ3n) is 2.82. The molecule has 0 aliphatic heterocycles. The van der Waals surface area contributed by atoms with E-state index in [0.29, 0.717) is 5.56 Å². The number of urea groups is 1. The van der Waals surface area contributed by atoms with Crippen molar-refractivity contribution in [2.75, 3.05) is 5.32 Å². The molecule has 0 radical (unpaired) electrons. The van der Waals surface area contributed by atoms with Crippen LogP contribution in [0.3, 0.4) is 0 Å². The molecule has 0 unspecified atom stereocenters. The van der Waals surface area contributed by atoms with Crippen molar-refractivity contribution in [1.29, 1.82) is 5.41 Å². The van der Waals surface area contributed by atoms with Crippen molar-refractivity contribution in [3.8, 4) is 11.1 Å². The number of nitrogens with two attached hydrogens (primary N) is 1. The molecular weight excluding hydrogens is 304 g/mol. The normalized spacial score (nSPS) is 9.82. The lowest BCUT2D eigenvalue weighted by atomic mass is 9.99. The lowest BCUT2D eigenvalue weighted by Gasteiger charge is -2.13. The third-order valence-corrected chi connectivity index (χ3v) is 3.15. The molecule has 2 rings (SSSR count). The van der Waals surface area contributed by atoms with Crippen LogP contribution in [0.2, 0.25) is 0 Å². The summed E-state index contributed by atoms with van der Waals surface area (Å²) in [4.78, 5) is 11.2. The average molecular weight is 316 g/mol. The van der Waals surface area contributed by atoms with Gasteiger partial charge < -0.3 is 11.1 Å². The van der Waals surface area contributed by atoms with E-state index >= 15 is 0 Å². The zero-order valence-electron chi connectivity index (χ0n) is 11.3. The maximum absolute atomic E-state index is 11.2. The summed E-state index contributed by atoms with van der Waals surface area (Å²) in [5.41, 5.74) is 6.95. The summed E-state index contributed by atoms with van der Waals surface area (Å²) in [5, 5.41) is 10.2. The van der Waals surface area contributed by atoms with Gasteiger partial charge in [0.15, 0.2) is 5.84 Å². The number of amides is 2. The molecule has 0 bridgehead atoms. The van der Waals surface area contributed by atoms with Crippen molar-refractivity contribution >= 4 is 28.1 Å². The van der Waals surface area contributed by atoms with E-state index in [-0.39, 0.29) is 11.3 Å². The van der Waals surface area contributed by atoms with Gasteiger partial charge in [-0.15, -0.1) is 4.36 Å². The van der Waals surface area contributed by atoms with Crippen LogP contribution in [-0.2, 0) is 10.5 Å². The number of primary amides is 1. The van der Waals surface area contributed by atoms with Crippen LogP contribution in [0, 0.1) is 5.41 Å². The Kier molecular flexibility index (Phi) is 4.64. The first-order valence-electron chi connectivity index (χ1n) is 6.14. The van der Waals surface area contributed by atoms with Crippen LogP contribution in [0.15, 0.2) is 52.9 Å². The maximum Gasteiger partial charge on any atom is 0.317 e. The van der Waals surface area contributed by atoms with E-state index in [4.69, 9.17) is 11.1 Å². The Morgan fingerprint density at radius 2 is 1.77 bits per heavy atom. The van der Waals surface area contributed by atoms with Crippen LogP contribution in [0.1, 0.15) is 5.56 Å². The molecule has 2 amide bonds. The van der Waals surface area contributed by atoms with Gasteiger partial charge in [0.05, 0.1) is 5.69 Å². The molecule has 22 heavy (non-hydrogen) atoms. The van der Waals surface area contributed by atoms with E-state index in [1.807, 2.05) is 30.3 Å². The van der Waals surface area contributed by atoms with E-state index < -0.39 is 22.4 Å². The standard InChI is InChI=1S/C14H12N4O3S/c15-13(18-22(20)21)11-8-4-7-10(12(11)17-14(16)19)9-5-2-1-3-6-9/h1-8,15H,(H3,16,17,19). The fourth-order valence-electron chi connectivity index (χ4n) is 1.99. The molecule has 0 aliphatic carbocycles. The second-order valence-electron chi connectivity index (χ2n) is 4.24. The lowest BCUT2D eigenvalue weighted by Crippen LogP contribution is -2.21. The number of carbonyl (C=O) groups is 1. The molecule has 2 aromatic carbocycles. The van der Waals surface area contributed by atoms with Gasteiger partial charge in [0.2, 0.25) is 0 Å². The van der Waals surface area contributed by atoms with E-state index in [2.05, 4.69) is 9.68 Å². The van der Waals surface area contributed by atoms with Crippen LogP contribution < -0.4 is 11.1 Å². The molecule has 0 aliphatic rings. The number of anilines is 1. The summed E-state index contributed by atoms with van der Waals surface area (Å²) >= 11 is 0. The Hall–Kier alpha value is -3.00. The third kappa shape index (κ3) is 3.55. The summed E-state index contributed by atoms with van der Waals surface area (Å²) < 4.78 is 24.5. The van der Waals surface area contributed by atoms with Crippen LogP contribution in [0.5, 0.6) is 0 Å². The van der Waals surface area contributed by atoms with Gasteiger partial charge in [-0.25, -0.2) is 4.79 Å². The first kappa shape index (κ1) is 15.4. The van der Waals surface area contributed by atoms with Gasteiger partial charge >= 0.3 is 16.5 Å². The first-order chi connectivity index (χ1) is 10.5. The van der Waals surface area contributed by atoms with Crippen LogP contribution in [0.25, 0.3) is 11.1 Å².